The molecule has 27 heavy (non-hydrogen) atoms. The zero-order valence-corrected chi connectivity index (χ0v) is 15.9. The van der Waals surface area contributed by atoms with E-state index in [1.165, 1.54) is 12.1 Å². The summed E-state index contributed by atoms with van der Waals surface area (Å²) in [7, 11) is 3.59. The van der Waals surface area contributed by atoms with Gasteiger partial charge in [0.05, 0.1) is 19.3 Å². The van der Waals surface area contributed by atoms with Crippen molar-refractivity contribution in [2.75, 3.05) is 51.8 Å². The van der Waals surface area contributed by atoms with E-state index in [9.17, 15) is 9.18 Å². The van der Waals surface area contributed by atoms with Crippen molar-refractivity contribution in [3.63, 3.8) is 0 Å². The quantitative estimate of drug-likeness (QED) is 0.782. The Balaban J connectivity index is 1.50. The Morgan fingerprint density at radius 3 is 2.41 bits per heavy atom. The molecule has 0 unspecified atom stereocenters. The van der Waals surface area contributed by atoms with Crippen LogP contribution in [0.15, 0.2) is 48.5 Å². The molecule has 0 aliphatic carbocycles. The monoisotopic (exact) mass is 371 g/mol. The van der Waals surface area contributed by atoms with Crippen molar-refractivity contribution in [1.29, 1.82) is 0 Å². The van der Waals surface area contributed by atoms with Crippen molar-refractivity contribution in [3.8, 4) is 5.75 Å². The highest BCUT2D eigenvalue weighted by Gasteiger charge is 2.23. The number of amides is 1. The summed E-state index contributed by atoms with van der Waals surface area (Å²) in [5, 5.41) is 0. The molecule has 0 bridgehead atoms. The molecule has 144 valence electrons. The average Bonchev–Trinajstić information content (AvgIpc) is 2.69. The van der Waals surface area contributed by atoms with Crippen LogP contribution in [0.5, 0.6) is 5.75 Å². The summed E-state index contributed by atoms with van der Waals surface area (Å²) in [6, 6.07) is 14.4. The molecule has 0 saturated carbocycles. The minimum Gasteiger partial charge on any atom is -0.495 e. The molecule has 1 amide bonds. The minimum absolute atomic E-state index is 0.124. The molecule has 2 aromatic rings. The Labute approximate surface area is 159 Å². The maximum absolute atomic E-state index is 13.0. The number of para-hydroxylation sites is 2. The van der Waals surface area contributed by atoms with Gasteiger partial charge in [-0.25, -0.2) is 4.39 Å². The number of methoxy groups -OCH3 is 1. The fraction of sp³-hybridized carbons (Fsp3) is 0.381. The zero-order valence-electron chi connectivity index (χ0n) is 15.9. The van der Waals surface area contributed by atoms with Crippen LogP contribution in [0.25, 0.3) is 0 Å². The predicted octanol–water partition coefficient (Wildman–Crippen LogP) is 2.61. The molecule has 1 heterocycles. The van der Waals surface area contributed by atoms with Gasteiger partial charge in [0.15, 0.2) is 0 Å². The highest BCUT2D eigenvalue weighted by atomic mass is 19.1. The van der Waals surface area contributed by atoms with Gasteiger partial charge in [-0.1, -0.05) is 24.3 Å². The summed E-state index contributed by atoms with van der Waals surface area (Å²) in [6.07, 6.45) is 0. The summed E-state index contributed by atoms with van der Waals surface area (Å²) >= 11 is 0. The molecule has 0 radical (unpaired) electrons. The summed E-state index contributed by atoms with van der Waals surface area (Å²) < 4.78 is 18.4. The number of benzene rings is 2. The second-order valence-electron chi connectivity index (χ2n) is 6.84. The Morgan fingerprint density at radius 2 is 1.74 bits per heavy atom. The Kier molecular flexibility index (Phi) is 6.29. The smallest absolute Gasteiger partial charge is 0.236 e. The van der Waals surface area contributed by atoms with Gasteiger partial charge in [-0.15, -0.1) is 0 Å². The zero-order chi connectivity index (χ0) is 19.2. The molecule has 0 N–H and O–H groups in total. The SMILES string of the molecule is COc1ccccc1N1CCN(C(=O)CN(C)Cc2ccc(F)cc2)CC1. The fourth-order valence-electron chi connectivity index (χ4n) is 3.38. The van der Waals surface area contributed by atoms with Gasteiger partial charge in [-0.2, -0.15) is 0 Å². The second kappa shape index (κ2) is 8.86. The van der Waals surface area contributed by atoms with E-state index in [-0.39, 0.29) is 11.7 Å². The standard InChI is InChI=1S/C21H26FN3O2/c1-23(15-17-7-9-18(22)10-8-17)16-21(26)25-13-11-24(12-14-25)19-5-3-4-6-20(19)27-2/h3-10H,11-16H2,1-2H3. The maximum atomic E-state index is 13.0. The lowest BCUT2D eigenvalue weighted by atomic mass is 10.2. The first-order valence-electron chi connectivity index (χ1n) is 9.15. The number of halogens is 1. The molecule has 6 heteroatoms. The number of likely N-dealkylation sites (N-methyl/N-ethyl adjacent to an activating group) is 1. The normalized spacial score (nSPS) is 14.5. The molecule has 0 aromatic heterocycles. The van der Waals surface area contributed by atoms with Crippen LogP contribution in [0.3, 0.4) is 0 Å². The number of hydrogen-bond acceptors (Lipinski definition) is 4. The van der Waals surface area contributed by atoms with Gasteiger partial charge >= 0.3 is 0 Å². The number of piperazine rings is 1. The van der Waals surface area contributed by atoms with Crippen molar-refractivity contribution in [1.82, 2.24) is 9.80 Å². The van der Waals surface area contributed by atoms with E-state index in [0.29, 0.717) is 26.2 Å². The van der Waals surface area contributed by atoms with Crippen molar-refractivity contribution in [3.05, 3.63) is 59.9 Å². The molecule has 0 spiro atoms. The number of carbonyl (C=O) groups is 1. The van der Waals surface area contributed by atoms with E-state index < -0.39 is 0 Å². The summed E-state index contributed by atoms with van der Waals surface area (Å²) in [5.41, 5.74) is 2.06. The molecule has 1 saturated heterocycles. The summed E-state index contributed by atoms with van der Waals surface area (Å²) in [5.74, 6) is 0.737. The van der Waals surface area contributed by atoms with Crippen molar-refractivity contribution >= 4 is 11.6 Å². The van der Waals surface area contributed by atoms with Crippen LogP contribution < -0.4 is 9.64 Å². The lowest BCUT2D eigenvalue weighted by Gasteiger charge is -2.37. The highest BCUT2D eigenvalue weighted by molar-refractivity contribution is 5.78. The number of nitrogens with zero attached hydrogens (tertiary/aromatic N) is 3. The largest absolute Gasteiger partial charge is 0.495 e. The Morgan fingerprint density at radius 1 is 1.07 bits per heavy atom. The fourth-order valence-corrected chi connectivity index (χ4v) is 3.38. The van der Waals surface area contributed by atoms with Crippen LogP contribution >= 0.6 is 0 Å². The van der Waals surface area contributed by atoms with Crippen molar-refractivity contribution < 1.29 is 13.9 Å². The van der Waals surface area contributed by atoms with Gasteiger partial charge in [0.1, 0.15) is 11.6 Å². The van der Waals surface area contributed by atoms with Gasteiger partial charge < -0.3 is 14.5 Å². The molecular formula is C21H26FN3O2. The van der Waals surface area contributed by atoms with Crippen LogP contribution in [0.1, 0.15) is 5.56 Å². The Hall–Kier alpha value is -2.60. The summed E-state index contributed by atoms with van der Waals surface area (Å²) in [4.78, 5) is 18.7. The molecule has 1 aliphatic rings. The number of hydrogen-bond donors (Lipinski definition) is 0. The van der Waals surface area contributed by atoms with E-state index in [4.69, 9.17) is 4.74 Å². The van der Waals surface area contributed by atoms with Crippen LogP contribution in [-0.2, 0) is 11.3 Å². The first-order valence-corrected chi connectivity index (χ1v) is 9.15. The topological polar surface area (TPSA) is 36.0 Å². The van der Waals surface area contributed by atoms with E-state index >= 15 is 0 Å². The van der Waals surface area contributed by atoms with Gasteiger partial charge in [0.25, 0.3) is 0 Å². The molecular weight excluding hydrogens is 345 g/mol. The lowest BCUT2D eigenvalue weighted by Crippen LogP contribution is -2.51. The molecule has 5 nitrogen and oxygen atoms in total. The van der Waals surface area contributed by atoms with Crippen molar-refractivity contribution in [2.24, 2.45) is 0 Å². The van der Waals surface area contributed by atoms with Gasteiger partial charge in [0.2, 0.25) is 5.91 Å². The predicted molar refractivity (Wildman–Crippen MR) is 105 cm³/mol. The van der Waals surface area contributed by atoms with Gasteiger partial charge in [-0.05, 0) is 36.9 Å². The van der Waals surface area contributed by atoms with Gasteiger partial charge in [-0.3, -0.25) is 9.69 Å². The average molecular weight is 371 g/mol. The molecule has 2 aromatic carbocycles. The third-order valence-electron chi connectivity index (χ3n) is 4.83. The van der Waals surface area contributed by atoms with E-state index in [0.717, 1.165) is 30.1 Å². The van der Waals surface area contributed by atoms with Crippen LogP contribution in [0.4, 0.5) is 10.1 Å². The Bertz CT molecular complexity index is 758. The lowest BCUT2D eigenvalue weighted by molar-refractivity contribution is -0.132. The maximum Gasteiger partial charge on any atom is 0.236 e. The number of ether oxygens (including phenoxy) is 1. The first kappa shape index (κ1) is 19.2. The van der Waals surface area contributed by atoms with Crippen LogP contribution in [0.2, 0.25) is 0 Å². The molecule has 0 atom stereocenters. The van der Waals surface area contributed by atoms with Crippen LogP contribution in [0, 0.1) is 5.82 Å². The molecule has 3 rings (SSSR count). The van der Waals surface area contributed by atoms with Crippen molar-refractivity contribution in [2.45, 2.75) is 6.54 Å². The molecule has 1 aliphatic heterocycles. The van der Waals surface area contributed by atoms with E-state index in [1.807, 2.05) is 41.1 Å². The van der Waals surface area contributed by atoms with Crippen LogP contribution in [-0.4, -0.2) is 62.6 Å². The van der Waals surface area contributed by atoms with E-state index in [1.54, 1.807) is 19.2 Å². The second-order valence-corrected chi connectivity index (χ2v) is 6.84. The molecule has 1 fully saturated rings. The number of anilines is 1. The third-order valence-corrected chi connectivity index (χ3v) is 4.83. The van der Waals surface area contributed by atoms with Gasteiger partial charge in [0, 0.05) is 32.7 Å². The highest BCUT2D eigenvalue weighted by Crippen LogP contribution is 2.28. The first-order chi connectivity index (χ1) is 13.1. The van der Waals surface area contributed by atoms with E-state index in [2.05, 4.69) is 4.90 Å². The third kappa shape index (κ3) is 4.98. The number of carbonyl (C=O) groups excluding carboxylic acids is 1. The number of rotatable bonds is 6. The summed E-state index contributed by atoms with van der Waals surface area (Å²) in [6.45, 7) is 3.93. The minimum atomic E-state index is -0.245.